The number of hydrogen-bond donors (Lipinski definition) is 3. The molecule has 0 rings (SSSR count). The standard InChI is InChI=1S/C8H19N3O/c1-6(2)11-7(9)10-5-8(3,4)12/h6,12H,5H2,1-4H3,(H3,9,10,11). The van der Waals surface area contributed by atoms with Gasteiger partial charge in [0.05, 0.1) is 12.1 Å². The number of aliphatic hydroxyl groups is 1. The first-order valence-corrected chi connectivity index (χ1v) is 4.10. The number of nitrogens with one attached hydrogen (secondary N) is 1. The molecule has 0 aromatic rings. The first kappa shape index (κ1) is 11.2. The van der Waals surface area contributed by atoms with Crippen molar-refractivity contribution in [2.24, 2.45) is 10.7 Å². The zero-order valence-electron chi connectivity index (χ0n) is 8.26. The lowest BCUT2D eigenvalue weighted by Crippen LogP contribution is -2.38. The Morgan fingerprint density at radius 2 is 2.08 bits per heavy atom. The zero-order valence-corrected chi connectivity index (χ0v) is 8.26. The minimum Gasteiger partial charge on any atom is -0.389 e. The predicted octanol–water partition coefficient (Wildman–Crippen LogP) is 0.0700. The summed E-state index contributed by atoms with van der Waals surface area (Å²) in [7, 11) is 0. The lowest BCUT2D eigenvalue weighted by molar-refractivity contribution is 0.0903. The minimum atomic E-state index is -0.788. The van der Waals surface area contributed by atoms with Crippen LogP contribution in [0.1, 0.15) is 27.7 Å². The molecule has 4 heteroatoms. The van der Waals surface area contributed by atoms with E-state index >= 15 is 0 Å². The summed E-state index contributed by atoms with van der Waals surface area (Å²) in [6, 6.07) is 0.274. The second-order valence-corrected chi connectivity index (χ2v) is 3.81. The SMILES string of the molecule is CC(C)NC(N)=NCC(C)(C)O. The van der Waals surface area contributed by atoms with E-state index in [9.17, 15) is 5.11 Å². The summed E-state index contributed by atoms with van der Waals surface area (Å²) in [4.78, 5) is 3.97. The highest BCUT2D eigenvalue weighted by atomic mass is 16.3. The number of hydrogen-bond acceptors (Lipinski definition) is 2. The molecule has 0 aromatic carbocycles. The Bertz CT molecular complexity index is 158. The summed E-state index contributed by atoms with van der Waals surface area (Å²) in [6.45, 7) is 7.66. The highest BCUT2D eigenvalue weighted by Crippen LogP contribution is 1.99. The van der Waals surface area contributed by atoms with Crippen LogP contribution in [0, 0.1) is 0 Å². The Labute approximate surface area is 73.9 Å². The van der Waals surface area contributed by atoms with Gasteiger partial charge in [0, 0.05) is 6.04 Å². The van der Waals surface area contributed by atoms with Gasteiger partial charge in [0.1, 0.15) is 0 Å². The maximum atomic E-state index is 9.31. The van der Waals surface area contributed by atoms with Crippen molar-refractivity contribution >= 4 is 5.96 Å². The summed E-state index contributed by atoms with van der Waals surface area (Å²) in [5.41, 5.74) is 4.72. The third-order valence-electron chi connectivity index (χ3n) is 1.07. The van der Waals surface area contributed by atoms with Crippen molar-refractivity contribution in [2.45, 2.75) is 39.3 Å². The van der Waals surface area contributed by atoms with Gasteiger partial charge in [-0.2, -0.15) is 0 Å². The highest BCUT2D eigenvalue weighted by molar-refractivity contribution is 5.78. The van der Waals surface area contributed by atoms with Crippen LogP contribution in [0.3, 0.4) is 0 Å². The molecular formula is C8H19N3O. The lowest BCUT2D eigenvalue weighted by atomic mass is 10.1. The molecule has 0 saturated heterocycles. The fourth-order valence-corrected chi connectivity index (χ4v) is 0.620. The molecule has 0 saturated carbocycles. The van der Waals surface area contributed by atoms with E-state index < -0.39 is 5.60 Å². The van der Waals surface area contributed by atoms with Crippen molar-refractivity contribution in [3.05, 3.63) is 0 Å². The third kappa shape index (κ3) is 7.34. The first-order valence-electron chi connectivity index (χ1n) is 4.10. The molecule has 0 aliphatic rings. The van der Waals surface area contributed by atoms with E-state index in [1.54, 1.807) is 13.8 Å². The molecular weight excluding hydrogens is 154 g/mol. The van der Waals surface area contributed by atoms with E-state index in [2.05, 4.69) is 10.3 Å². The second kappa shape index (κ2) is 4.30. The summed E-state index contributed by atoms with van der Waals surface area (Å²) in [6.07, 6.45) is 0. The molecule has 0 spiro atoms. The van der Waals surface area contributed by atoms with Crippen LogP contribution in [0.5, 0.6) is 0 Å². The Morgan fingerprint density at radius 3 is 2.42 bits per heavy atom. The van der Waals surface area contributed by atoms with E-state index in [0.717, 1.165) is 0 Å². The normalized spacial score (nSPS) is 13.7. The van der Waals surface area contributed by atoms with Crippen LogP contribution in [0.4, 0.5) is 0 Å². The van der Waals surface area contributed by atoms with E-state index in [1.165, 1.54) is 0 Å². The Hall–Kier alpha value is -0.770. The van der Waals surface area contributed by atoms with Gasteiger partial charge in [-0.05, 0) is 27.7 Å². The van der Waals surface area contributed by atoms with Gasteiger partial charge in [-0.15, -0.1) is 0 Å². The molecule has 0 bridgehead atoms. The van der Waals surface area contributed by atoms with E-state index in [4.69, 9.17) is 5.73 Å². The Balaban J connectivity index is 3.85. The Kier molecular flexibility index (Phi) is 4.03. The van der Waals surface area contributed by atoms with Gasteiger partial charge in [0.25, 0.3) is 0 Å². The van der Waals surface area contributed by atoms with Crippen molar-refractivity contribution in [3.63, 3.8) is 0 Å². The second-order valence-electron chi connectivity index (χ2n) is 3.81. The maximum absolute atomic E-state index is 9.31. The smallest absolute Gasteiger partial charge is 0.188 e. The molecule has 0 atom stereocenters. The molecule has 4 N–H and O–H groups in total. The minimum absolute atomic E-state index is 0.274. The quantitative estimate of drug-likeness (QED) is 0.418. The highest BCUT2D eigenvalue weighted by Gasteiger charge is 2.10. The maximum Gasteiger partial charge on any atom is 0.188 e. The van der Waals surface area contributed by atoms with Crippen molar-refractivity contribution in [1.29, 1.82) is 0 Å². The fraction of sp³-hybridized carbons (Fsp3) is 0.875. The van der Waals surface area contributed by atoms with Gasteiger partial charge in [-0.1, -0.05) is 0 Å². The van der Waals surface area contributed by atoms with Gasteiger partial charge >= 0.3 is 0 Å². The summed E-state index contributed by atoms with van der Waals surface area (Å²) in [5, 5.41) is 12.2. The van der Waals surface area contributed by atoms with Gasteiger partial charge < -0.3 is 16.2 Å². The summed E-state index contributed by atoms with van der Waals surface area (Å²) < 4.78 is 0. The average molecular weight is 173 g/mol. The van der Waals surface area contributed by atoms with E-state index in [0.29, 0.717) is 12.5 Å². The first-order chi connectivity index (χ1) is 5.31. The van der Waals surface area contributed by atoms with Crippen molar-refractivity contribution in [2.75, 3.05) is 6.54 Å². The summed E-state index contributed by atoms with van der Waals surface area (Å²) >= 11 is 0. The van der Waals surface area contributed by atoms with Gasteiger partial charge in [-0.3, -0.25) is 4.99 Å². The molecule has 4 nitrogen and oxygen atoms in total. The fourth-order valence-electron chi connectivity index (χ4n) is 0.620. The molecule has 0 unspecified atom stereocenters. The van der Waals surface area contributed by atoms with Crippen LogP contribution in [-0.4, -0.2) is 29.3 Å². The molecule has 0 aromatic heterocycles. The van der Waals surface area contributed by atoms with E-state index in [-0.39, 0.29) is 6.04 Å². The molecule has 0 aliphatic carbocycles. The van der Waals surface area contributed by atoms with Gasteiger partial charge in [0.15, 0.2) is 5.96 Å². The Morgan fingerprint density at radius 1 is 1.58 bits per heavy atom. The number of guanidine groups is 1. The molecule has 0 amide bonds. The number of rotatable bonds is 3. The van der Waals surface area contributed by atoms with Crippen molar-refractivity contribution in [1.82, 2.24) is 5.32 Å². The molecule has 0 heterocycles. The summed E-state index contributed by atoms with van der Waals surface area (Å²) in [5.74, 6) is 0.382. The molecule has 0 aliphatic heterocycles. The van der Waals surface area contributed by atoms with Crippen LogP contribution in [0.2, 0.25) is 0 Å². The van der Waals surface area contributed by atoms with Crippen LogP contribution in [0.15, 0.2) is 4.99 Å². The molecule has 0 radical (unpaired) electrons. The number of aliphatic imine (C=N–C) groups is 1. The van der Waals surface area contributed by atoms with Crippen LogP contribution < -0.4 is 11.1 Å². The lowest BCUT2D eigenvalue weighted by Gasteiger charge is -2.15. The van der Waals surface area contributed by atoms with Gasteiger partial charge in [-0.25, -0.2) is 0 Å². The average Bonchev–Trinajstić information content (AvgIpc) is 1.80. The van der Waals surface area contributed by atoms with Crippen LogP contribution >= 0.6 is 0 Å². The van der Waals surface area contributed by atoms with Crippen LogP contribution in [0.25, 0.3) is 0 Å². The van der Waals surface area contributed by atoms with Gasteiger partial charge in [0.2, 0.25) is 0 Å². The zero-order chi connectivity index (χ0) is 9.78. The molecule has 12 heavy (non-hydrogen) atoms. The third-order valence-corrected chi connectivity index (χ3v) is 1.07. The topological polar surface area (TPSA) is 70.6 Å². The molecule has 0 fully saturated rings. The van der Waals surface area contributed by atoms with Crippen molar-refractivity contribution < 1.29 is 5.11 Å². The van der Waals surface area contributed by atoms with Crippen molar-refractivity contribution in [3.8, 4) is 0 Å². The molecule has 72 valence electrons. The predicted molar refractivity (Wildman–Crippen MR) is 51.1 cm³/mol. The number of nitrogens with two attached hydrogens (primary N) is 1. The monoisotopic (exact) mass is 173 g/mol. The van der Waals surface area contributed by atoms with Crippen LogP contribution in [-0.2, 0) is 0 Å². The largest absolute Gasteiger partial charge is 0.389 e. The van der Waals surface area contributed by atoms with E-state index in [1.807, 2.05) is 13.8 Å². The number of nitrogens with zero attached hydrogens (tertiary/aromatic N) is 1.